The van der Waals surface area contributed by atoms with Crippen LogP contribution >= 0.6 is 0 Å². The third kappa shape index (κ3) is 1.14. The molecule has 0 aliphatic carbocycles. The lowest BCUT2D eigenvalue weighted by Crippen LogP contribution is -2.25. The minimum absolute atomic E-state index is 0.0657. The van der Waals surface area contributed by atoms with Gasteiger partial charge in [0.05, 0.1) is 12.1 Å². The molecule has 4 heteroatoms. The molecule has 0 saturated heterocycles. The van der Waals surface area contributed by atoms with Gasteiger partial charge in [0.2, 0.25) is 0 Å². The predicted octanol–water partition coefficient (Wildman–Crippen LogP) is 1.69. The Balaban J connectivity index is 2.47. The van der Waals surface area contributed by atoms with E-state index in [4.69, 9.17) is 4.74 Å². The average molecular weight is 205 g/mol. The number of hydrogen-bond donors (Lipinski definition) is 0. The number of rotatable bonds is 0. The van der Waals surface area contributed by atoms with E-state index >= 15 is 0 Å². The number of ether oxygens (including phenoxy) is 1. The van der Waals surface area contributed by atoms with Crippen molar-refractivity contribution >= 4 is 10.9 Å². The number of halogens is 1. The number of benzene rings is 1. The van der Waals surface area contributed by atoms with Crippen molar-refractivity contribution in [3.63, 3.8) is 0 Å². The van der Waals surface area contributed by atoms with E-state index in [0.717, 1.165) is 0 Å². The molecule has 3 rings (SSSR count). The van der Waals surface area contributed by atoms with Crippen molar-refractivity contribution in [2.24, 2.45) is 0 Å². The molecule has 0 radical (unpaired) electrons. The quantitative estimate of drug-likeness (QED) is 0.655. The summed E-state index contributed by atoms with van der Waals surface area (Å²) in [6.07, 6.45) is 0.258. The number of hydrogen-bond acceptors (Lipinski definition) is 2. The topological polar surface area (TPSA) is 31.2 Å². The van der Waals surface area contributed by atoms with Gasteiger partial charge in [-0.05, 0) is 12.1 Å². The molecule has 1 aromatic carbocycles. The van der Waals surface area contributed by atoms with Crippen LogP contribution in [0.2, 0.25) is 0 Å². The van der Waals surface area contributed by atoms with Crippen LogP contribution in [-0.2, 0) is 6.54 Å². The molecule has 1 aromatic heterocycles. The van der Waals surface area contributed by atoms with Crippen LogP contribution in [0.3, 0.4) is 0 Å². The number of alkyl halides is 1. The molecule has 0 saturated carbocycles. The lowest BCUT2D eigenvalue weighted by atomic mass is 10.2. The second-order valence-electron chi connectivity index (χ2n) is 3.51. The Kier molecular flexibility index (Phi) is 1.59. The molecule has 0 spiro atoms. The summed E-state index contributed by atoms with van der Waals surface area (Å²) in [6, 6.07) is 6.54. The van der Waals surface area contributed by atoms with Gasteiger partial charge in [-0.1, -0.05) is 6.07 Å². The molecule has 76 valence electrons. The highest BCUT2D eigenvalue weighted by Gasteiger charge is 2.20. The summed E-state index contributed by atoms with van der Waals surface area (Å²) in [4.78, 5) is 11.5. The molecule has 0 amide bonds. The summed E-state index contributed by atoms with van der Waals surface area (Å²) < 4.78 is 19.9. The number of nitrogens with zero attached hydrogens (tertiary/aromatic N) is 1. The first-order chi connectivity index (χ1) is 7.25. The maximum Gasteiger partial charge on any atom is 0.256 e. The van der Waals surface area contributed by atoms with Gasteiger partial charge < -0.3 is 9.30 Å². The largest absolute Gasteiger partial charge is 0.456 e. The van der Waals surface area contributed by atoms with Crippen LogP contribution in [0.5, 0.6) is 5.75 Å². The minimum Gasteiger partial charge on any atom is -0.456 e. The first kappa shape index (κ1) is 8.47. The minimum atomic E-state index is -1.34. The van der Waals surface area contributed by atoms with Crippen molar-refractivity contribution in [1.29, 1.82) is 0 Å². The van der Waals surface area contributed by atoms with E-state index < -0.39 is 6.36 Å². The van der Waals surface area contributed by atoms with E-state index in [-0.39, 0.29) is 12.0 Å². The molecular formula is C11H8FNO2. The van der Waals surface area contributed by atoms with Gasteiger partial charge in [-0.15, -0.1) is 0 Å². The van der Waals surface area contributed by atoms with Crippen molar-refractivity contribution < 1.29 is 9.13 Å². The van der Waals surface area contributed by atoms with Crippen molar-refractivity contribution in [1.82, 2.24) is 4.57 Å². The summed E-state index contributed by atoms with van der Waals surface area (Å²) in [5, 5.41) is 0.571. The van der Waals surface area contributed by atoms with Gasteiger partial charge in [-0.25, -0.2) is 0 Å². The van der Waals surface area contributed by atoms with Crippen molar-refractivity contribution in [2.75, 3.05) is 0 Å². The molecule has 1 aliphatic rings. The molecule has 15 heavy (non-hydrogen) atoms. The standard InChI is InChI=1S/C11H8FNO2/c12-10-6-13-5-4-8(14)7-2-1-3-9(15-10)11(7)13/h1-5,10H,6H2. The van der Waals surface area contributed by atoms with Crippen LogP contribution in [0.15, 0.2) is 35.3 Å². The molecule has 0 fully saturated rings. The van der Waals surface area contributed by atoms with Crippen molar-refractivity contribution in [3.05, 3.63) is 40.7 Å². The smallest absolute Gasteiger partial charge is 0.256 e. The van der Waals surface area contributed by atoms with Crippen LogP contribution in [0, 0.1) is 0 Å². The highest BCUT2D eigenvalue weighted by molar-refractivity contribution is 5.85. The number of pyridine rings is 1. The Hall–Kier alpha value is -1.84. The molecule has 3 nitrogen and oxygen atoms in total. The Morgan fingerprint density at radius 2 is 2.27 bits per heavy atom. The zero-order valence-electron chi connectivity index (χ0n) is 7.81. The summed E-state index contributed by atoms with van der Waals surface area (Å²) in [7, 11) is 0. The highest BCUT2D eigenvalue weighted by Crippen LogP contribution is 2.28. The van der Waals surface area contributed by atoms with E-state index in [1.165, 1.54) is 6.07 Å². The van der Waals surface area contributed by atoms with Gasteiger partial charge in [-0.3, -0.25) is 4.79 Å². The Labute approximate surface area is 84.7 Å². The van der Waals surface area contributed by atoms with Gasteiger partial charge in [0.25, 0.3) is 6.36 Å². The summed E-state index contributed by atoms with van der Waals surface area (Å²) >= 11 is 0. The summed E-state index contributed by atoms with van der Waals surface area (Å²) in [6.45, 7) is 0.133. The Morgan fingerprint density at radius 3 is 3.13 bits per heavy atom. The van der Waals surface area contributed by atoms with Gasteiger partial charge in [0.15, 0.2) is 5.43 Å². The van der Waals surface area contributed by atoms with Gasteiger partial charge >= 0.3 is 0 Å². The lowest BCUT2D eigenvalue weighted by Gasteiger charge is -2.22. The third-order valence-corrected chi connectivity index (χ3v) is 2.55. The molecular weight excluding hydrogens is 197 g/mol. The number of para-hydroxylation sites is 1. The van der Waals surface area contributed by atoms with Crippen molar-refractivity contribution in [2.45, 2.75) is 12.9 Å². The summed E-state index contributed by atoms with van der Waals surface area (Å²) in [5.41, 5.74) is 0.614. The molecule has 2 heterocycles. The zero-order valence-corrected chi connectivity index (χ0v) is 7.81. The molecule has 0 bridgehead atoms. The van der Waals surface area contributed by atoms with Crippen LogP contribution < -0.4 is 10.2 Å². The highest BCUT2D eigenvalue weighted by atomic mass is 19.1. The van der Waals surface area contributed by atoms with Crippen molar-refractivity contribution in [3.8, 4) is 5.75 Å². The molecule has 1 unspecified atom stereocenters. The van der Waals surface area contributed by atoms with E-state index in [9.17, 15) is 9.18 Å². The molecule has 1 atom stereocenters. The monoisotopic (exact) mass is 205 g/mol. The lowest BCUT2D eigenvalue weighted by molar-refractivity contribution is 0.0445. The Morgan fingerprint density at radius 1 is 1.40 bits per heavy atom. The van der Waals surface area contributed by atoms with Gasteiger partial charge in [0, 0.05) is 17.6 Å². The fraction of sp³-hybridized carbons (Fsp3) is 0.182. The third-order valence-electron chi connectivity index (χ3n) is 2.55. The molecule has 1 aliphatic heterocycles. The van der Waals surface area contributed by atoms with Crippen LogP contribution in [-0.4, -0.2) is 10.9 Å². The Bertz CT molecular complexity index is 578. The number of aromatic nitrogens is 1. The fourth-order valence-electron chi connectivity index (χ4n) is 1.92. The molecule has 2 aromatic rings. The second kappa shape index (κ2) is 2.82. The average Bonchev–Trinajstić information content (AvgIpc) is 2.23. The normalized spacial score (nSPS) is 18.9. The van der Waals surface area contributed by atoms with E-state index in [1.54, 1.807) is 29.0 Å². The van der Waals surface area contributed by atoms with Gasteiger partial charge in [0.1, 0.15) is 5.75 Å². The zero-order chi connectivity index (χ0) is 10.4. The second-order valence-corrected chi connectivity index (χ2v) is 3.51. The van der Waals surface area contributed by atoms with E-state index in [0.29, 0.717) is 16.7 Å². The van der Waals surface area contributed by atoms with E-state index in [2.05, 4.69) is 0 Å². The maximum absolute atomic E-state index is 13.2. The van der Waals surface area contributed by atoms with Crippen LogP contribution in [0.4, 0.5) is 4.39 Å². The maximum atomic E-state index is 13.2. The summed E-state index contributed by atoms with van der Waals surface area (Å²) in [5.74, 6) is 0.434. The van der Waals surface area contributed by atoms with Gasteiger partial charge in [-0.2, -0.15) is 4.39 Å². The van der Waals surface area contributed by atoms with Crippen LogP contribution in [0.25, 0.3) is 10.9 Å². The van der Waals surface area contributed by atoms with E-state index in [1.807, 2.05) is 0 Å². The first-order valence-corrected chi connectivity index (χ1v) is 4.68. The SMILES string of the molecule is O=c1ccn2c3c(cccc13)OC(F)C2. The molecule has 0 N–H and O–H groups in total. The fourth-order valence-corrected chi connectivity index (χ4v) is 1.92. The predicted molar refractivity (Wildman–Crippen MR) is 53.7 cm³/mol. The van der Waals surface area contributed by atoms with Crippen LogP contribution in [0.1, 0.15) is 0 Å². The first-order valence-electron chi connectivity index (χ1n) is 4.68.